The van der Waals surface area contributed by atoms with Crippen LogP contribution in [0.25, 0.3) is 77.2 Å². The molecule has 2 heteroatoms. The third-order valence-corrected chi connectivity index (χ3v) is 13.3. The van der Waals surface area contributed by atoms with E-state index in [0.717, 1.165) is 0 Å². The van der Waals surface area contributed by atoms with Crippen molar-refractivity contribution in [3.05, 3.63) is 167 Å². The molecule has 6 aromatic carbocycles. The van der Waals surface area contributed by atoms with Gasteiger partial charge in [-0.2, -0.15) is 0 Å². The molecule has 2 aromatic heterocycles. The maximum absolute atomic E-state index is 4.32. The molecule has 0 aliphatic heterocycles. The first-order valence-corrected chi connectivity index (χ1v) is 18.9. The lowest BCUT2D eigenvalue weighted by Crippen LogP contribution is -2.17. The summed E-state index contributed by atoms with van der Waals surface area (Å²) in [5.74, 6) is 0. The second-order valence-corrected chi connectivity index (χ2v) is 17.0. The zero-order valence-corrected chi connectivity index (χ0v) is 31.1. The average molecular weight is 681 g/mol. The summed E-state index contributed by atoms with van der Waals surface area (Å²) in [6, 6.07) is 41.7. The van der Waals surface area contributed by atoms with Crippen molar-refractivity contribution < 1.29 is 0 Å². The standard InChI is InChI=1S/C51H40N2/c1-49(2)41-27-39-43(50(3,4)45-23-35(29-15-19-52-20-16-29)31-11-7-9-13-33(31)47(39)45)25-37(41)38-26-44-40(28-42(38)49)48-34-14-10-8-12-32(34)36(24-46(48)51(44,5)6)30-17-21-53-22-18-30/h7-28H,1-6H3. The lowest BCUT2D eigenvalue weighted by Gasteiger charge is -2.25. The van der Waals surface area contributed by atoms with E-state index in [1.165, 1.54) is 111 Å². The second kappa shape index (κ2) is 10.2. The average Bonchev–Trinajstić information content (AvgIpc) is 3.65. The summed E-state index contributed by atoms with van der Waals surface area (Å²) in [5.41, 5.74) is 21.3. The number of hydrogen-bond donors (Lipinski definition) is 0. The Kier molecular flexibility index (Phi) is 5.90. The summed E-state index contributed by atoms with van der Waals surface area (Å²) < 4.78 is 0. The van der Waals surface area contributed by atoms with Crippen LogP contribution in [0.2, 0.25) is 0 Å². The molecule has 254 valence electrons. The van der Waals surface area contributed by atoms with Gasteiger partial charge in [0.15, 0.2) is 0 Å². The highest BCUT2D eigenvalue weighted by atomic mass is 14.6. The summed E-state index contributed by atoms with van der Waals surface area (Å²) in [6.07, 6.45) is 7.61. The van der Waals surface area contributed by atoms with Crippen LogP contribution in [0.15, 0.2) is 134 Å². The minimum absolute atomic E-state index is 0.159. The van der Waals surface area contributed by atoms with Gasteiger partial charge in [0.25, 0.3) is 0 Å². The molecule has 0 unspecified atom stereocenters. The molecule has 0 N–H and O–H groups in total. The van der Waals surface area contributed by atoms with E-state index in [1.54, 1.807) is 0 Å². The highest BCUT2D eigenvalue weighted by Crippen LogP contribution is 2.61. The summed E-state index contributed by atoms with van der Waals surface area (Å²) in [7, 11) is 0. The van der Waals surface area contributed by atoms with E-state index in [0.29, 0.717) is 0 Å². The van der Waals surface area contributed by atoms with Crippen molar-refractivity contribution in [2.45, 2.75) is 57.8 Å². The summed E-state index contributed by atoms with van der Waals surface area (Å²) in [6.45, 7) is 14.6. The fourth-order valence-electron chi connectivity index (χ4n) is 10.4. The van der Waals surface area contributed by atoms with Gasteiger partial charge in [-0.3, -0.25) is 9.97 Å². The lowest BCUT2D eigenvalue weighted by molar-refractivity contribution is 0.649. The van der Waals surface area contributed by atoms with Crippen molar-refractivity contribution >= 4 is 21.5 Å². The number of fused-ring (bicyclic) bond motifs is 13. The smallest absolute Gasteiger partial charge is 0.0273 e. The highest BCUT2D eigenvalue weighted by molar-refractivity contribution is 6.11. The molecule has 53 heavy (non-hydrogen) atoms. The molecule has 2 heterocycles. The third-order valence-electron chi connectivity index (χ3n) is 13.3. The Balaban J connectivity index is 1.14. The Morgan fingerprint density at radius 3 is 1.02 bits per heavy atom. The van der Waals surface area contributed by atoms with Gasteiger partial charge in [-0.05, 0) is 171 Å². The van der Waals surface area contributed by atoms with Gasteiger partial charge >= 0.3 is 0 Å². The third kappa shape index (κ3) is 3.88. The molecule has 0 bridgehead atoms. The van der Waals surface area contributed by atoms with E-state index in [4.69, 9.17) is 0 Å². The van der Waals surface area contributed by atoms with Gasteiger partial charge in [-0.25, -0.2) is 0 Å². The summed E-state index contributed by atoms with van der Waals surface area (Å²) >= 11 is 0. The van der Waals surface area contributed by atoms with E-state index in [1.807, 2.05) is 24.8 Å². The van der Waals surface area contributed by atoms with Crippen LogP contribution in [-0.4, -0.2) is 9.97 Å². The molecule has 0 atom stereocenters. The van der Waals surface area contributed by atoms with Crippen molar-refractivity contribution in [1.29, 1.82) is 0 Å². The van der Waals surface area contributed by atoms with E-state index in [9.17, 15) is 0 Å². The molecule has 0 saturated heterocycles. The number of pyridine rings is 2. The van der Waals surface area contributed by atoms with Crippen LogP contribution in [0.1, 0.15) is 74.9 Å². The van der Waals surface area contributed by atoms with Gasteiger partial charge < -0.3 is 0 Å². The first-order chi connectivity index (χ1) is 25.6. The van der Waals surface area contributed by atoms with Crippen LogP contribution in [0.5, 0.6) is 0 Å². The molecule has 0 saturated carbocycles. The number of nitrogens with zero attached hydrogens (tertiary/aromatic N) is 2. The molecule has 3 aliphatic carbocycles. The zero-order valence-electron chi connectivity index (χ0n) is 31.1. The Morgan fingerprint density at radius 2 is 0.623 bits per heavy atom. The van der Waals surface area contributed by atoms with E-state index >= 15 is 0 Å². The van der Waals surface area contributed by atoms with Crippen molar-refractivity contribution in [3.63, 3.8) is 0 Å². The number of benzene rings is 6. The molecular formula is C51H40N2. The number of aromatic nitrogens is 2. The first-order valence-electron chi connectivity index (χ1n) is 18.9. The molecule has 0 amide bonds. The molecule has 8 aromatic rings. The van der Waals surface area contributed by atoms with Crippen molar-refractivity contribution in [3.8, 4) is 55.6 Å². The molecule has 0 radical (unpaired) electrons. The van der Waals surface area contributed by atoms with Crippen molar-refractivity contribution in [2.24, 2.45) is 0 Å². The van der Waals surface area contributed by atoms with Crippen LogP contribution in [0.4, 0.5) is 0 Å². The molecule has 3 aliphatic rings. The number of rotatable bonds is 2. The van der Waals surface area contributed by atoms with Gasteiger partial charge in [0, 0.05) is 41.0 Å². The number of hydrogen-bond acceptors (Lipinski definition) is 2. The van der Waals surface area contributed by atoms with Crippen LogP contribution >= 0.6 is 0 Å². The first kappa shape index (κ1) is 30.7. The second-order valence-electron chi connectivity index (χ2n) is 17.0. The van der Waals surface area contributed by atoms with Crippen LogP contribution < -0.4 is 0 Å². The molecular weight excluding hydrogens is 641 g/mol. The predicted octanol–water partition coefficient (Wildman–Crippen LogP) is 13.0. The Bertz CT molecular complexity index is 2700. The zero-order chi connectivity index (χ0) is 36.0. The molecule has 0 fully saturated rings. The summed E-state index contributed by atoms with van der Waals surface area (Å²) in [5, 5.41) is 5.24. The SMILES string of the molecule is CC1(C)c2cc3c(cc2-c2cc4c(cc21)-c1c(cc(-c2ccncc2)c2ccccc12)C4(C)C)C(C)(C)c1cc(-c2ccncc2)c2ccccc2c1-3. The van der Waals surface area contributed by atoms with Gasteiger partial charge in [0.2, 0.25) is 0 Å². The molecule has 11 rings (SSSR count). The Morgan fingerprint density at radius 1 is 0.321 bits per heavy atom. The van der Waals surface area contributed by atoms with Gasteiger partial charge in [-0.15, -0.1) is 0 Å². The topological polar surface area (TPSA) is 25.8 Å². The fourth-order valence-corrected chi connectivity index (χ4v) is 10.4. The van der Waals surface area contributed by atoms with Gasteiger partial charge in [0.05, 0.1) is 0 Å². The fraction of sp³-hybridized carbons (Fsp3) is 0.176. The van der Waals surface area contributed by atoms with Crippen LogP contribution in [0.3, 0.4) is 0 Å². The highest BCUT2D eigenvalue weighted by Gasteiger charge is 2.45. The van der Waals surface area contributed by atoms with Crippen LogP contribution in [0, 0.1) is 0 Å². The van der Waals surface area contributed by atoms with Crippen molar-refractivity contribution in [2.75, 3.05) is 0 Å². The van der Waals surface area contributed by atoms with E-state index in [-0.39, 0.29) is 16.2 Å². The van der Waals surface area contributed by atoms with E-state index < -0.39 is 0 Å². The Hall–Kier alpha value is -5.86. The quantitative estimate of drug-likeness (QED) is 0.182. The molecule has 0 spiro atoms. The van der Waals surface area contributed by atoms with Crippen LogP contribution in [-0.2, 0) is 16.2 Å². The van der Waals surface area contributed by atoms with Crippen molar-refractivity contribution in [1.82, 2.24) is 9.97 Å². The minimum atomic E-state index is -0.160. The van der Waals surface area contributed by atoms with E-state index in [2.05, 4.69) is 161 Å². The normalized spacial score (nSPS) is 16.2. The Labute approximate surface area is 311 Å². The monoisotopic (exact) mass is 680 g/mol. The largest absolute Gasteiger partial charge is 0.265 e. The maximum atomic E-state index is 4.32. The molecule has 2 nitrogen and oxygen atoms in total. The van der Waals surface area contributed by atoms with Gasteiger partial charge in [0.1, 0.15) is 0 Å². The lowest BCUT2D eigenvalue weighted by atomic mass is 9.78. The maximum Gasteiger partial charge on any atom is 0.0273 e. The minimum Gasteiger partial charge on any atom is -0.265 e. The van der Waals surface area contributed by atoms with Gasteiger partial charge in [-0.1, -0.05) is 90.1 Å². The summed E-state index contributed by atoms with van der Waals surface area (Å²) in [4.78, 5) is 8.64. The predicted molar refractivity (Wildman–Crippen MR) is 221 cm³/mol.